The summed E-state index contributed by atoms with van der Waals surface area (Å²) in [7, 11) is -3.85. The standard InChI is InChI=1S/C21H15FN4O3S2/c22-15-5-7-16(8-6-15)31(27,28)26-11-12-30-19-9-4-14(13-18(19)26)21-24-20(25-29-21)17-3-1-2-10-23-17/h1-10,13H,11-12H2. The van der Waals surface area contributed by atoms with Gasteiger partial charge < -0.3 is 4.52 Å². The zero-order chi connectivity index (χ0) is 21.4. The van der Waals surface area contributed by atoms with Crippen molar-refractivity contribution in [2.75, 3.05) is 16.6 Å². The van der Waals surface area contributed by atoms with Crippen LogP contribution < -0.4 is 4.31 Å². The number of halogens is 1. The van der Waals surface area contributed by atoms with Crippen LogP contribution in [0.15, 0.2) is 81.2 Å². The molecule has 156 valence electrons. The molecule has 10 heteroatoms. The summed E-state index contributed by atoms with van der Waals surface area (Å²) in [4.78, 5) is 9.46. The second-order valence-electron chi connectivity index (χ2n) is 6.70. The third kappa shape index (κ3) is 3.68. The number of sulfonamides is 1. The number of nitrogens with zero attached hydrogens (tertiary/aromatic N) is 4. The fourth-order valence-electron chi connectivity index (χ4n) is 3.25. The molecule has 0 unspecified atom stereocenters. The van der Waals surface area contributed by atoms with Gasteiger partial charge >= 0.3 is 0 Å². The maximum absolute atomic E-state index is 13.3. The summed E-state index contributed by atoms with van der Waals surface area (Å²) in [6, 6.07) is 15.6. The molecule has 1 aliphatic heterocycles. The van der Waals surface area contributed by atoms with Crippen molar-refractivity contribution < 1.29 is 17.3 Å². The average molecular weight is 455 g/mol. The van der Waals surface area contributed by atoms with Gasteiger partial charge in [0.1, 0.15) is 11.5 Å². The molecular weight excluding hydrogens is 439 g/mol. The van der Waals surface area contributed by atoms with Crippen molar-refractivity contribution in [3.63, 3.8) is 0 Å². The van der Waals surface area contributed by atoms with Gasteiger partial charge in [0.05, 0.1) is 10.6 Å². The van der Waals surface area contributed by atoms with E-state index >= 15 is 0 Å². The summed E-state index contributed by atoms with van der Waals surface area (Å²) in [6.07, 6.45) is 1.64. The van der Waals surface area contributed by atoms with E-state index in [0.717, 1.165) is 17.0 Å². The first-order valence-corrected chi connectivity index (χ1v) is 11.8. The van der Waals surface area contributed by atoms with E-state index in [0.29, 0.717) is 35.1 Å². The molecule has 0 N–H and O–H groups in total. The third-order valence-electron chi connectivity index (χ3n) is 4.75. The van der Waals surface area contributed by atoms with Gasteiger partial charge in [-0.2, -0.15) is 4.98 Å². The third-order valence-corrected chi connectivity index (χ3v) is 7.62. The number of hydrogen-bond acceptors (Lipinski definition) is 7. The van der Waals surface area contributed by atoms with Gasteiger partial charge in [-0.1, -0.05) is 11.2 Å². The molecule has 0 atom stereocenters. The van der Waals surface area contributed by atoms with E-state index in [4.69, 9.17) is 4.52 Å². The molecule has 5 rings (SSSR count). The zero-order valence-electron chi connectivity index (χ0n) is 16.0. The molecule has 0 bridgehead atoms. The Kier molecular flexibility index (Phi) is 4.95. The van der Waals surface area contributed by atoms with Crippen molar-refractivity contribution in [1.29, 1.82) is 0 Å². The Labute approximate surface area is 182 Å². The molecule has 0 spiro atoms. The highest BCUT2D eigenvalue weighted by Crippen LogP contribution is 2.40. The lowest BCUT2D eigenvalue weighted by molar-refractivity contribution is 0.432. The van der Waals surface area contributed by atoms with E-state index in [2.05, 4.69) is 15.1 Å². The number of thioether (sulfide) groups is 1. The number of fused-ring (bicyclic) bond motifs is 1. The maximum Gasteiger partial charge on any atom is 0.264 e. The minimum atomic E-state index is -3.85. The molecule has 2 aromatic carbocycles. The second kappa shape index (κ2) is 7.78. The van der Waals surface area contributed by atoms with Crippen LogP contribution in [0, 0.1) is 5.82 Å². The van der Waals surface area contributed by atoms with Crippen LogP contribution >= 0.6 is 11.8 Å². The number of rotatable bonds is 4. The van der Waals surface area contributed by atoms with Crippen molar-refractivity contribution in [2.24, 2.45) is 0 Å². The first kappa shape index (κ1) is 19.7. The van der Waals surface area contributed by atoms with E-state index in [1.807, 2.05) is 18.2 Å². The minimum Gasteiger partial charge on any atom is -0.334 e. The fourth-order valence-corrected chi connectivity index (χ4v) is 5.87. The second-order valence-corrected chi connectivity index (χ2v) is 9.70. The quantitative estimate of drug-likeness (QED) is 0.456. The van der Waals surface area contributed by atoms with Crippen LogP contribution in [-0.4, -0.2) is 35.8 Å². The van der Waals surface area contributed by atoms with Gasteiger partial charge in [0.2, 0.25) is 5.82 Å². The highest BCUT2D eigenvalue weighted by atomic mass is 32.2. The first-order valence-electron chi connectivity index (χ1n) is 9.33. The number of anilines is 1. The zero-order valence-corrected chi connectivity index (χ0v) is 17.6. The van der Waals surface area contributed by atoms with Gasteiger partial charge in [-0.15, -0.1) is 11.8 Å². The molecule has 0 saturated carbocycles. The SMILES string of the molecule is O=S(=O)(c1ccc(F)cc1)N1CCSc2ccc(-c3nc(-c4ccccn4)no3)cc21. The lowest BCUT2D eigenvalue weighted by atomic mass is 10.2. The predicted molar refractivity (Wildman–Crippen MR) is 115 cm³/mol. The van der Waals surface area contributed by atoms with Crippen LogP contribution in [0.25, 0.3) is 23.0 Å². The minimum absolute atomic E-state index is 0.0346. The summed E-state index contributed by atoms with van der Waals surface area (Å²) in [5.74, 6) is 0.726. The number of hydrogen-bond donors (Lipinski definition) is 0. The fraction of sp³-hybridized carbons (Fsp3) is 0.0952. The van der Waals surface area contributed by atoms with Crippen LogP contribution in [-0.2, 0) is 10.0 Å². The van der Waals surface area contributed by atoms with Crippen LogP contribution in [0.5, 0.6) is 0 Å². The highest BCUT2D eigenvalue weighted by molar-refractivity contribution is 8.00. The largest absolute Gasteiger partial charge is 0.334 e. The van der Waals surface area contributed by atoms with Crippen molar-refractivity contribution in [2.45, 2.75) is 9.79 Å². The van der Waals surface area contributed by atoms with Crippen molar-refractivity contribution in [1.82, 2.24) is 15.1 Å². The summed E-state index contributed by atoms with van der Waals surface area (Å²) >= 11 is 1.57. The smallest absolute Gasteiger partial charge is 0.264 e. The molecule has 1 aliphatic rings. The molecular formula is C21H15FN4O3S2. The Balaban J connectivity index is 1.54. The predicted octanol–water partition coefficient (Wildman–Crippen LogP) is 4.24. The van der Waals surface area contributed by atoms with Gasteiger partial charge in [-0.25, -0.2) is 12.8 Å². The molecule has 0 fully saturated rings. The Morgan fingerprint density at radius 1 is 1.06 bits per heavy atom. The Hall–Kier alpha value is -3.24. The van der Waals surface area contributed by atoms with Crippen molar-refractivity contribution >= 4 is 27.5 Å². The monoisotopic (exact) mass is 454 g/mol. The van der Waals surface area contributed by atoms with Gasteiger partial charge in [0.15, 0.2) is 0 Å². The lowest BCUT2D eigenvalue weighted by Crippen LogP contribution is -2.35. The Morgan fingerprint density at radius 3 is 2.68 bits per heavy atom. The topological polar surface area (TPSA) is 89.2 Å². The van der Waals surface area contributed by atoms with E-state index in [1.54, 1.807) is 36.2 Å². The maximum atomic E-state index is 13.3. The molecule has 0 aliphatic carbocycles. The van der Waals surface area contributed by atoms with Crippen molar-refractivity contribution in [3.8, 4) is 23.0 Å². The van der Waals surface area contributed by atoms with E-state index in [9.17, 15) is 12.8 Å². The first-order chi connectivity index (χ1) is 15.0. The molecule has 4 aromatic rings. The molecule has 31 heavy (non-hydrogen) atoms. The van der Waals surface area contributed by atoms with Gasteiger partial charge in [0, 0.05) is 29.0 Å². The average Bonchev–Trinajstić information content (AvgIpc) is 3.29. The molecule has 2 aromatic heterocycles. The van der Waals surface area contributed by atoms with E-state index in [-0.39, 0.29) is 10.8 Å². The Morgan fingerprint density at radius 2 is 1.90 bits per heavy atom. The summed E-state index contributed by atoms with van der Waals surface area (Å²) < 4.78 is 46.5. The van der Waals surface area contributed by atoms with Gasteiger partial charge in [-0.05, 0) is 54.6 Å². The van der Waals surface area contributed by atoms with Crippen molar-refractivity contribution in [3.05, 3.63) is 72.7 Å². The molecule has 0 amide bonds. The summed E-state index contributed by atoms with van der Waals surface area (Å²) in [5, 5.41) is 3.98. The highest BCUT2D eigenvalue weighted by Gasteiger charge is 2.30. The number of benzene rings is 2. The molecule has 7 nitrogen and oxygen atoms in total. The van der Waals surface area contributed by atoms with Gasteiger partial charge in [-0.3, -0.25) is 9.29 Å². The van der Waals surface area contributed by atoms with Crippen LogP contribution in [0.1, 0.15) is 0 Å². The van der Waals surface area contributed by atoms with E-state index in [1.165, 1.54) is 16.4 Å². The molecule has 0 radical (unpaired) electrons. The summed E-state index contributed by atoms with van der Waals surface area (Å²) in [5.41, 5.74) is 1.69. The van der Waals surface area contributed by atoms with Crippen LogP contribution in [0.3, 0.4) is 0 Å². The lowest BCUT2D eigenvalue weighted by Gasteiger charge is -2.30. The molecule has 0 saturated heterocycles. The number of aromatic nitrogens is 3. The number of pyridine rings is 1. The Bertz CT molecular complexity index is 1340. The normalized spacial score (nSPS) is 13.8. The van der Waals surface area contributed by atoms with Gasteiger partial charge in [0.25, 0.3) is 15.9 Å². The summed E-state index contributed by atoms with van der Waals surface area (Å²) in [6.45, 7) is 0.295. The van der Waals surface area contributed by atoms with E-state index < -0.39 is 15.8 Å². The van der Waals surface area contributed by atoms with Crippen LogP contribution in [0.2, 0.25) is 0 Å². The van der Waals surface area contributed by atoms with Crippen LogP contribution in [0.4, 0.5) is 10.1 Å². The molecule has 3 heterocycles.